The summed E-state index contributed by atoms with van der Waals surface area (Å²) in [6.07, 6.45) is 1.83. The van der Waals surface area contributed by atoms with Crippen LogP contribution in [0.2, 0.25) is 0 Å². The predicted octanol–water partition coefficient (Wildman–Crippen LogP) is 1.82. The first-order valence-corrected chi connectivity index (χ1v) is 4.99. The molecule has 1 atom stereocenters. The van der Waals surface area contributed by atoms with E-state index in [0.29, 0.717) is 6.61 Å². The Labute approximate surface area is 86.1 Å². The highest BCUT2D eigenvalue weighted by Crippen LogP contribution is 1.94. The highest BCUT2D eigenvalue weighted by molar-refractivity contribution is 9.18. The molecule has 1 unspecified atom stereocenters. The maximum Gasteiger partial charge on any atom is 0.328 e. The van der Waals surface area contributed by atoms with Crippen molar-refractivity contribution in [3.8, 4) is 0 Å². The number of rotatable bonds is 5. The standard InChI is InChI=1S/C8H14BrNO3/c1-3-4-5-13-7(11)6(2)10-8(9)12/h6H,3-5H2,1-2H3,(H,10,12). The van der Waals surface area contributed by atoms with Gasteiger partial charge in [-0.2, -0.15) is 0 Å². The van der Waals surface area contributed by atoms with Crippen LogP contribution in [0.15, 0.2) is 0 Å². The van der Waals surface area contributed by atoms with Crippen LogP contribution in [0, 0.1) is 0 Å². The molecule has 0 aliphatic rings. The van der Waals surface area contributed by atoms with Crippen molar-refractivity contribution in [1.82, 2.24) is 5.32 Å². The van der Waals surface area contributed by atoms with E-state index in [1.165, 1.54) is 0 Å². The summed E-state index contributed by atoms with van der Waals surface area (Å²) >= 11 is 2.67. The minimum absolute atomic E-state index is 0.402. The van der Waals surface area contributed by atoms with Crippen LogP contribution in [-0.2, 0) is 9.53 Å². The molecule has 1 N–H and O–H groups in total. The van der Waals surface area contributed by atoms with Gasteiger partial charge in [0.25, 0.3) is 4.82 Å². The van der Waals surface area contributed by atoms with E-state index < -0.39 is 16.8 Å². The van der Waals surface area contributed by atoms with E-state index in [9.17, 15) is 9.59 Å². The van der Waals surface area contributed by atoms with Crippen molar-refractivity contribution in [2.24, 2.45) is 0 Å². The van der Waals surface area contributed by atoms with Crippen LogP contribution in [0.1, 0.15) is 26.7 Å². The number of carbonyl (C=O) groups excluding carboxylic acids is 2. The molecule has 76 valence electrons. The van der Waals surface area contributed by atoms with Crippen molar-refractivity contribution in [1.29, 1.82) is 0 Å². The SMILES string of the molecule is CCCCOC(=O)C(C)NC(=O)Br. The Balaban J connectivity index is 3.63. The predicted molar refractivity (Wildman–Crippen MR) is 52.8 cm³/mol. The topological polar surface area (TPSA) is 55.4 Å². The lowest BCUT2D eigenvalue weighted by molar-refractivity contribution is -0.145. The second-order valence-electron chi connectivity index (χ2n) is 2.66. The van der Waals surface area contributed by atoms with Gasteiger partial charge in [-0.15, -0.1) is 0 Å². The summed E-state index contributed by atoms with van der Waals surface area (Å²) in [4.78, 5) is 21.2. The van der Waals surface area contributed by atoms with Gasteiger partial charge in [0.15, 0.2) is 0 Å². The number of hydrogen-bond acceptors (Lipinski definition) is 3. The van der Waals surface area contributed by atoms with Crippen LogP contribution in [-0.4, -0.2) is 23.4 Å². The number of hydrogen-bond donors (Lipinski definition) is 1. The first-order valence-electron chi connectivity index (χ1n) is 4.20. The van der Waals surface area contributed by atoms with Crippen molar-refractivity contribution in [2.45, 2.75) is 32.7 Å². The molecular weight excluding hydrogens is 238 g/mol. The molecule has 0 saturated heterocycles. The Morgan fingerprint density at radius 1 is 1.54 bits per heavy atom. The molecule has 0 saturated carbocycles. The number of amides is 1. The molecule has 0 fully saturated rings. The molecule has 0 rings (SSSR count). The third kappa shape index (κ3) is 6.57. The third-order valence-corrected chi connectivity index (χ3v) is 1.65. The molecule has 0 aromatic heterocycles. The fourth-order valence-electron chi connectivity index (χ4n) is 0.671. The summed E-state index contributed by atoms with van der Waals surface area (Å²) in [5.41, 5.74) is 0. The number of unbranched alkanes of at least 4 members (excludes halogenated alkanes) is 1. The summed E-state index contributed by atoms with van der Waals surface area (Å²) in [5, 5.41) is 2.37. The first kappa shape index (κ1) is 12.4. The normalized spacial score (nSPS) is 11.9. The monoisotopic (exact) mass is 251 g/mol. The van der Waals surface area contributed by atoms with E-state index in [1.54, 1.807) is 6.92 Å². The second kappa shape index (κ2) is 6.88. The van der Waals surface area contributed by atoms with Crippen LogP contribution >= 0.6 is 15.9 Å². The lowest BCUT2D eigenvalue weighted by Crippen LogP contribution is -2.36. The van der Waals surface area contributed by atoms with E-state index in [2.05, 4.69) is 21.2 Å². The van der Waals surface area contributed by atoms with Crippen LogP contribution in [0.4, 0.5) is 4.79 Å². The Hall–Kier alpha value is -0.580. The maximum atomic E-state index is 11.1. The van der Waals surface area contributed by atoms with E-state index in [1.807, 2.05) is 6.92 Å². The average Bonchev–Trinajstić information content (AvgIpc) is 2.03. The Bertz CT molecular complexity index is 184. The zero-order chi connectivity index (χ0) is 10.3. The van der Waals surface area contributed by atoms with Gasteiger partial charge >= 0.3 is 5.97 Å². The molecular formula is C8H14BrNO3. The third-order valence-electron chi connectivity index (χ3n) is 1.43. The molecule has 0 heterocycles. The van der Waals surface area contributed by atoms with Crippen molar-refractivity contribution in [3.63, 3.8) is 0 Å². The lowest BCUT2D eigenvalue weighted by atomic mass is 10.3. The van der Waals surface area contributed by atoms with Crippen molar-refractivity contribution >= 4 is 26.7 Å². The Kier molecular flexibility index (Phi) is 6.58. The van der Waals surface area contributed by atoms with E-state index in [4.69, 9.17) is 4.74 Å². The number of nitrogens with one attached hydrogen (secondary N) is 1. The van der Waals surface area contributed by atoms with Gasteiger partial charge in [-0.1, -0.05) is 13.3 Å². The Morgan fingerprint density at radius 3 is 2.62 bits per heavy atom. The summed E-state index contributed by atoms with van der Waals surface area (Å²) in [6, 6.07) is -0.594. The number of halogens is 1. The molecule has 0 radical (unpaired) electrons. The molecule has 4 nitrogen and oxygen atoms in total. The van der Waals surface area contributed by atoms with Gasteiger partial charge in [0.2, 0.25) is 0 Å². The van der Waals surface area contributed by atoms with Crippen LogP contribution < -0.4 is 5.32 Å². The molecule has 0 spiro atoms. The Morgan fingerprint density at radius 2 is 2.15 bits per heavy atom. The van der Waals surface area contributed by atoms with E-state index in [0.717, 1.165) is 12.8 Å². The summed E-state index contributed by atoms with van der Waals surface area (Å²) in [5.74, 6) is -0.402. The summed E-state index contributed by atoms with van der Waals surface area (Å²) in [6.45, 7) is 4.00. The molecule has 0 aliphatic heterocycles. The van der Waals surface area contributed by atoms with Gasteiger partial charge in [0, 0.05) is 15.9 Å². The summed E-state index contributed by atoms with van der Waals surface area (Å²) < 4.78 is 4.87. The van der Waals surface area contributed by atoms with E-state index >= 15 is 0 Å². The molecule has 1 amide bonds. The molecule has 0 aromatic carbocycles. The van der Waals surface area contributed by atoms with Gasteiger partial charge in [-0.25, -0.2) is 4.79 Å². The smallest absolute Gasteiger partial charge is 0.328 e. The van der Waals surface area contributed by atoms with Crippen LogP contribution in [0.5, 0.6) is 0 Å². The maximum absolute atomic E-state index is 11.1. The number of esters is 1. The highest BCUT2D eigenvalue weighted by atomic mass is 79.9. The quantitative estimate of drug-likeness (QED) is 0.351. The largest absolute Gasteiger partial charge is 0.464 e. The van der Waals surface area contributed by atoms with Crippen LogP contribution in [0.3, 0.4) is 0 Å². The van der Waals surface area contributed by atoms with Gasteiger partial charge in [0.1, 0.15) is 6.04 Å². The second-order valence-corrected chi connectivity index (χ2v) is 3.38. The zero-order valence-electron chi connectivity index (χ0n) is 7.80. The van der Waals surface area contributed by atoms with Gasteiger partial charge in [-0.3, -0.25) is 4.79 Å². The van der Waals surface area contributed by atoms with Crippen molar-refractivity contribution < 1.29 is 14.3 Å². The minimum Gasteiger partial charge on any atom is -0.464 e. The molecule has 0 aromatic rings. The van der Waals surface area contributed by atoms with Gasteiger partial charge < -0.3 is 10.1 Å². The zero-order valence-corrected chi connectivity index (χ0v) is 9.39. The molecule has 13 heavy (non-hydrogen) atoms. The average molecular weight is 252 g/mol. The van der Waals surface area contributed by atoms with Gasteiger partial charge in [0.05, 0.1) is 6.61 Å². The molecule has 0 bridgehead atoms. The van der Waals surface area contributed by atoms with Crippen LogP contribution in [0.25, 0.3) is 0 Å². The van der Waals surface area contributed by atoms with Crippen molar-refractivity contribution in [3.05, 3.63) is 0 Å². The lowest BCUT2D eigenvalue weighted by Gasteiger charge is -2.10. The van der Waals surface area contributed by atoms with Gasteiger partial charge in [-0.05, 0) is 13.3 Å². The first-order chi connectivity index (χ1) is 6.07. The highest BCUT2D eigenvalue weighted by Gasteiger charge is 2.14. The number of ether oxygens (including phenoxy) is 1. The van der Waals surface area contributed by atoms with Crippen molar-refractivity contribution in [2.75, 3.05) is 6.61 Å². The van der Waals surface area contributed by atoms with E-state index in [-0.39, 0.29) is 0 Å². The summed E-state index contributed by atoms with van der Waals surface area (Å²) in [7, 11) is 0. The fourth-order valence-corrected chi connectivity index (χ4v) is 1.01. The molecule has 5 heteroatoms. The fraction of sp³-hybridized carbons (Fsp3) is 0.750. The minimum atomic E-state index is -0.594. The number of carbonyl (C=O) groups is 2. The molecule has 0 aliphatic carbocycles.